The van der Waals surface area contributed by atoms with Gasteiger partial charge in [0.15, 0.2) is 35.0 Å². The maximum Gasteiger partial charge on any atom is 0.294 e. The summed E-state index contributed by atoms with van der Waals surface area (Å²) in [6, 6.07) is 15.4. The fraction of sp³-hybridized carbons (Fsp3) is 0.0312. The van der Waals surface area contributed by atoms with Crippen LogP contribution < -0.4 is 11.0 Å². The number of hydrogen-bond acceptors (Lipinski definition) is 11. The van der Waals surface area contributed by atoms with Gasteiger partial charge in [0.25, 0.3) is 20.2 Å². The quantitative estimate of drug-likeness (QED) is 0.272. The molecule has 14 nitrogen and oxygen atoms in total. The fourth-order valence-electron chi connectivity index (χ4n) is 6.01. The number of fused-ring (bicyclic) bond motifs is 16. The van der Waals surface area contributed by atoms with E-state index < -0.39 is 20.2 Å². The summed E-state index contributed by atoms with van der Waals surface area (Å²) in [5.74, 6) is 1.43. The van der Waals surface area contributed by atoms with Crippen LogP contribution in [-0.2, 0) is 20.2 Å². The zero-order chi connectivity index (χ0) is 32.9. The number of hydrogen-bond donors (Lipinski definition) is 3. The molecule has 0 radical (unpaired) electrons. The van der Waals surface area contributed by atoms with Gasteiger partial charge in [0, 0.05) is 44.2 Å². The second-order valence-electron chi connectivity index (χ2n) is 11.1. The molecule has 0 amide bonds. The van der Waals surface area contributed by atoms with E-state index in [2.05, 4.69) is 9.98 Å². The Morgan fingerprint density at radius 2 is 1.15 bits per heavy atom. The van der Waals surface area contributed by atoms with Crippen LogP contribution in [0.5, 0.6) is 0 Å². The van der Waals surface area contributed by atoms with Gasteiger partial charge in [-0.05, 0) is 42.8 Å². The second-order valence-corrected chi connectivity index (χ2v) is 14.0. The summed E-state index contributed by atoms with van der Waals surface area (Å²) < 4.78 is 68.0. The highest BCUT2D eigenvalue weighted by Gasteiger charge is 2.30. The van der Waals surface area contributed by atoms with Gasteiger partial charge in [-0.1, -0.05) is 42.5 Å². The summed E-state index contributed by atoms with van der Waals surface area (Å²) in [6.45, 7) is 0. The van der Waals surface area contributed by atoms with Gasteiger partial charge in [-0.3, -0.25) is 9.11 Å². The number of allylic oxidation sites excluding steroid dienone is 3. The molecule has 9 rings (SSSR count). The van der Waals surface area contributed by atoms with Crippen molar-refractivity contribution in [2.75, 3.05) is 0 Å². The summed E-state index contributed by atoms with van der Waals surface area (Å²) in [7, 11) is -9.08. The van der Waals surface area contributed by atoms with Crippen LogP contribution in [0.1, 0.15) is 28.7 Å². The molecule has 8 bridgehead atoms. The first-order chi connectivity index (χ1) is 23.0. The zero-order valence-corrected chi connectivity index (χ0v) is 25.8. The Morgan fingerprint density at radius 1 is 0.583 bits per heavy atom. The monoisotopic (exact) mass is 674 g/mol. The van der Waals surface area contributed by atoms with Crippen LogP contribution in [0.15, 0.2) is 141 Å². The molecule has 48 heavy (non-hydrogen) atoms. The van der Waals surface area contributed by atoms with Crippen LogP contribution in [0.3, 0.4) is 0 Å². The van der Waals surface area contributed by atoms with E-state index in [-0.39, 0.29) is 44.4 Å². The normalized spacial score (nSPS) is 17.7. The predicted octanol–water partition coefficient (Wildman–Crippen LogP) is 2.84. The lowest BCUT2D eigenvalue weighted by Crippen LogP contribution is -2.15. The topological polar surface area (TPSA) is 211 Å². The van der Waals surface area contributed by atoms with Crippen molar-refractivity contribution in [1.82, 2.24) is 4.98 Å². The van der Waals surface area contributed by atoms with Crippen LogP contribution in [0.2, 0.25) is 0 Å². The van der Waals surface area contributed by atoms with Gasteiger partial charge in [-0.25, -0.2) is 34.9 Å². The number of H-pyrrole nitrogens is 1. The van der Waals surface area contributed by atoms with E-state index in [1.54, 1.807) is 0 Å². The molecule has 5 heterocycles. The predicted molar refractivity (Wildman–Crippen MR) is 176 cm³/mol. The van der Waals surface area contributed by atoms with Gasteiger partial charge in [0.1, 0.15) is 11.0 Å². The molecule has 5 aliphatic rings. The first-order valence-electron chi connectivity index (χ1n) is 14.4. The molecule has 234 valence electrons. The summed E-state index contributed by atoms with van der Waals surface area (Å²) in [5.41, 5.74) is 3.98. The Morgan fingerprint density at radius 3 is 1.85 bits per heavy atom. The summed E-state index contributed by atoms with van der Waals surface area (Å²) >= 11 is 0. The highest BCUT2D eigenvalue weighted by Crippen LogP contribution is 2.34. The molecule has 4 aromatic rings. The zero-order valence-electron chi connectivity index (χ0n) is 24.2. The molecule has 0 saturated carbocycles. The lowest BCUT2D eigenvalue weighted by atomic mass is 10.0. The van der Waals surface area contributed by atoms with Crippen molar-refractivity contribution in [3.63, 3.8) is 0 Å². The number of aromatic amines is 1. The van der Waals surface area contributed by atoms with Gasteiger partial charge in [-0.2, -0.15) is 16.8 Å². The van der Waals surface area contributed by atoms with Crippen LogP contribution in [-0.4, -0.2) is 60.1 Å². The number of nitrogens with one attached hydrogen (secondary N) is 1. The Kier molecular flexibility index (Phi) is 5.83. The van der Waals surface area contributed by atoms with E-state index in [1.807, 2.05) is 42.5 Å². The first-order valence-corrected chi connectivity index (χ1v) is 17.2. The van der Waals surface area contributed by atoms with E-state index in [0.717, 1.165) is 0 Å². The Balaban J connectivity index is 1.39. The third kappa shape index (κ3) is 4.42. The molecular formula is C32H18N8O6S2. The van der Waals surface area contributed by atoms with Crippen molar-refractivity contribution in [2.24, 2.45) is 34.9 Å². The maximum atomic E-state index is 12.1. The minimum absolute atomic E-state index is 0.123. The first kappa shape index (κ1) is 28.4. The van der Waals surface area contributed by atoms with Gasteiger partial charge >= 0.3 is 0 Å². The lowest BCUT2D eigenvalue weighted by molar-refractivity contribution is 0.481. The van der Waals surface area contributed by atoms with Crippen molar-refractivity contribution in [1.29, 1.82) is 0 Å². The number of amidine groups is 5. The minimum atomic E-state index is -4.54. The van der Waals surface area contributed by atoms with E-state index in [1.165, 1.54) is 36.4 Å². The minimum Gasteiger partial charge on any atom is -0.324 e. The van der Waals surface area contributed by atoms with Crippen LogP contribution in [0, 0.1) is 0 Å². The summed E-state index contributed by atoms with van der Waals surface area (Å²) in [6.07, 6.45) is 6.35. The van der Waals surface area contributed by atoms with Crippen LogP contribution in [0.25, 0.3) is 10.8 Å². The number of benzene rings is 3. The van der Waals surface area contributed by atoms with E-state index >= 15 is 0 Å². The van der Waals surface area contributed by atoms with Crippen LogP contribution in [0.4, 0.5) is 0 Å². The Labute approximate surface area is 270 Å². The highest BCUT2D eigenvalue weighted by atomic mass is 32.2. The molecule has 0 unspecified atom stereocenters. The van der Waals surface area contributed by atoms with Crippen molar-refractivity contribution in [3.05, 3.63) is 129 Å². The van der Waals surface area contributed by atoms with Gasteiger partial charge < -0.3 is 4.98 Å². The van der Waals surface area contributed by atoms with Crippen molar-refractivity contribution < 1.29 is 25.9 Å². The van der Waals surface area contributed by atoms with Crippen molar-refractivity contribution in [2.45, 2.75) is 16.2 Å². The van der Waals surface area contributed by atoms with Gasteiger partial charge in [0.05, 0.1) is 9.79 Å². The van der Waals surface area contributed by atoms with Crippen molar-refractivity contribution in [3.8, 4) is 0 Å². The molecule has 3 aromatic carbocycles. The number of aromatic nitrogens is 1. The molecule has 3 N–H and O–H groups in total. The number of aliphatic imine (C=N–C) groups is 5. The van der Waals surface area contributed by atoms with E-state index in [4.69, 9.17) is 30.0 Å². The second kappa shape index (κ2) is 9.85. The molecule has 0 saturated heterocycles. The molecule has 4 aliphatic heterocycles. The molecule has 1 aliphatic carbocycles. The third-order valence-electron chi connectivity index (χ3n) is 8.22. The highest BCUT2D eigenvalue weighted by molar-refractivity contribution is 7.86. The molecular weight excluding hydrogens is 657 g/mol. The Bertz CT molecular complexity index is 2850. The smallest absolute Gasteiger partial charge is 0.294 e. The molecule has 16 heteroatoms. The number of nitrogens with zero attached hydrogens (tertiary/aromatic N) is 7. The van der Waals surface area contributed by atoms with E-state index in [9.17, 15) is 25.9 Å². The standard InChI is InChI=1S/C32H18N8O6S2/c41-47(42,43)15-9-11-21-23(13-15)32-38-28-20-8-4-2-6-18(20)26(34-28)36-30-22-12-10-16(48(44,45)46)14-24(22)31(40-30)37-27-19-7-3-1-5-17(19)25(33-27)35-29(21)39-32/h1,3-14H,2H2,(H,41,42,43)(H,44,45,46)(H,33,34,35,36,37,38,39,40). The average molecular weight is 675 g/mol. The third-order valence-corrected chi connectivity index (χ3v) is 9.92. The SMILES string of the molecule is O=S(=O)(O)c1ccc2c(c1)C1=NC3=C4C=CCC=C4C(=N3)N=c3[nH]c(c4cc(S(=O)(=O)O)ccc34)=NC3=NC(=NC2=N1)c1ccccc13. The lowest BCUT2D eigenvalue weighted by Gasteiger charge is -2.06. The molecule has 0 fully saturated rings. The van der Waals surface area contributed by atoms with E-state index in [0.29, 0.717) is 61.9 Å². The average Bonchev–Trinajstić information content (AvgIpc) is 3.79. The molecule has 0 atom stereocenters. The van der Waals surface area contributed by atoms with Gasteiger partial charge in [-0.15, -0.1) is 0 Å². The molecule has 0 spiro atoms. The van der Waals surface area contributed by atoms with Crippen LogP contribution >= 0.6 is 0 Å². The molecule has 1 aromatic heterocycles. The van der Waals surface area contributed by atoms with Gasteiger partial charge in [0.2, 0.25) is 0 Å². The maximum absolute atomic E-state index is 12.1. The summed E-state index contributed by atoms with van der Waals surface area (Å²) in [5, 5.41) is 0.883. The van der Waals surface area contributed by atoms with Crippen molar-refractivity contribution >= 4 is 60.2 Å². The summed E-state index contributed by atoms with van der Waals surface area (Å²) in [4.78, 5) is 35.9. The Hall–Kier alpha value is -5.81. The number of rotatable bonds is 2. The fourth-order valence-corrected chi connectivity index (χ4v) is 7.02. The largest absolute Gasteiger partial charge is 0.324 e.